The molecule has 0 aromatic heterocycles. The molecule has 2 unspecified atom stereocenters. The lowest BCUT2D eigenvalue weighted by atomic mass is 9.48. The molecule has 1 amide bonds. The van der Waals surface area contributed by atoms with Crippen LogP contribution in [0.4, 0.5) is 10.1 Å². The van der Waals surface area contributed by atoms with Crippen molar-refractivity contribution in [2.45, 2.75) is 42.4 Å². The molecule has 3 aliphatic carbocycles. The van der Waals surface area contributed by atoms with E-state index in [1.54, 1.807) is 13.0 Å². The van der Waals surface area contributed by atoms with Crippen LogP contribution >= 0.6 is 11.6 Å². The topological polar surface area (TPSA) is 107 Å². The second-order valence-corrected chi connectivity index (χ2v) is 11.4. The van der Waals surface area contributed by atoms with Gasteiger partial charge in [0.1, 0.15) is 11.9 Å². The fourth-order valence-electron chi connectivity index (χ4n) is 5.26. The third-order valence-electron chi connectivity index (χ3n) is 7.09. The highest BCUT2D eigenvalue weighted by molar-refractivity contribution is 7.92. The second kappa shape index (κ2) is 7.84. The van der Waals surface area contributed by atoms with Crippen LogP contribution in [0.15, 0.2) is 41.3 Å². The molecule has 2 atom stereocenters. The minimum atomic E-state index is -3.83. The lowest BCUT2D eigenvalue weighted by Crippen LogP contribution is -2.65. The van der Waals surface area contributed by atoms with Crippen molar-refractivity contribution < 1.29 is 22.7 Å². The van der Waals surface area contributed by atoms with E-state index >= 15 is 0 Å². The highest BCUT2D eigenvalue weighted by Crippen LogP contribution is 2.59. The van der Waals surface area contributed by atoms with Gasteiger partial charge in [0.25, 0.3) is 5.91 Å². The first-order chi connectivity index (χ1) is 15.0. The molecule has 2 aromatic rings. The van der Waals surface area contributed by atoms with E-state index in [9.17, 15) is 22.7 Å². The van der Waals surface area contributed by atoms with Gasteiger partial charge in [0.2, 0.25) is 0 Å². The maximum atomic E-state index is 13.5. The van der Waals surface area contributed by atoms with Crippen LogP contribution in [0, 0.1) is 34.9 Å². The number of anilines is 1. The molecule has 2 bridgehead atoms. The Morgan fingerprint density at radius 2 is 1.91 bits per heavy atom. The van der Waals surface area contributed by atoms with Gasteiger partial charge in [-0.05, 0) is 73.9 Å². The van der Waals surface area contributed by atoms with Gasteiger partial charge >= 0.3 is 0 Å². The molecule has 0 spiro atoms. The van der Waals surface area contributed by atoms with Gasteiger partial charge in [-0.25, -0.2) is 12.8 Å². The Labute approximate surface area is 190 Å². The summed E-state index contributed by atoms with van der Waals surface area (Å²) >= 11 is 6.22. The molecule has 9 heteroatoms. The van der Waals surface area contributed by atoms with Crippen LogP contribution in [0.5, 0.6) is 0 Å². The van der Waals surface area contributed by atoms with Crippen molar-refractivity contribution in [3.05, 3.63) is 58.4 Å². The van der Waals surface area contributed by atoms with Crippen molar-refractivity contribution in [3.63, 3.8) is 0 Å². The summed E-state index contributed by atoms with van der Waals surface area (Å²) in [7, 11) is -3.83. The predicted octanol–water partition coefficient (Wildman–Crippen LogP) is 4.17. The molecule has 0 radical (unpaired) electrons. The van der Waals surface area contributed by atoms with Gasteiger partial charge in [-0.15, -0.1) is 0 Å². The number of nitriles is 1. The molecule has 6 nitrogen and oxygen atoms in total. The van der Waals surface area contributed by atoms with Crippen molar-refractivity contribution in [1.82, 2.24) is 0 Å². The van der Waals surface area contributed by atoms with E-state index in [4.69, 9.17) is 16.9 Å². The van der Waals surface area contributed by atoms with Crippen LogP contribution in [0.2, 0.25) is 5.02 Å². The van der Waals surface area contributed by atoms with Gasteiger partial charge in [0.15, 0.2) is 9.84 Å². The summed E-state index contributed by atoms with van der Waals surface area (Å²) in [5, 5.41) is 21.4. The molecule has 0 saturated heterocycles. The van der Waals surface area contributed by atoms with Crippen LogP contribution in [-0.2, 0) is 9.84 Å². The lowest BCUT2D eigenvalue weighted by Gasteiger charge is -2.61. The van der Waals surface area contributed by atoms with Gasteiger partial charge in [-0.1, -0.05) is 18.5 Å². The number of benzene rings is 2. The number of carbonyl (C=O) groups is 1. The van der Waals surface area contributed by atoms with E-state index < -0.39 is 32.4 Å². The quantitative estimate of drug-likeness (QED) is 0.688. The molecule has 3 aliphatic rings. The van der Waals surface area contributed by atoms with Crippen molar-refractivity contribution in [2.24, 2.45) is 17.8 Å². The first-order valence-electron chi connectivity index (χ1n) is 10.2. The number of nitrogens with zero attached hydrogens (tertiary/aromatic N) is 1. The number of rotatable bonds is 4. The lowest BCUT2D eigenvalue weighted by molar-refractivity contribution is -0.204. The number of sulfone groups is 1. The average molecular weight is 477 g/mol. The molecule has 2 N–H and O–H groups in total. The van der Waals surface area contributed by atoms with Gasteiger partial charge in [0, 0.05) is 11.3 Å². The molecular weight excluding hydrogens is 455 g/mol. The largest absolute Gasteiger partial charge is 0.390 e. The number of carbonyl (C=O) groups excluding carboxylic acids is 1. The van der Waals surface area contributed by atoms with Gasteiger partial charge in [0.05, 0.1) is 26.3 Å². The van der Waals surface area contributed by atoms with Crippen LogP contribution in [0.3, 0.4) is 0 Å². The van der Waals surface area contributed by atoms with Crippen LogP contribution in [0.1, 0.15) is 42.6 Å². The standard InChI is InChI=1S/C23H22ClFN2O4S/c1-12-17-9-16(10-18(12)23(17,2)29)32(30,31)21-8-13(3-5-19(21)24)22(28)27-15-4-6-20(25)14(7-15)11-26/h3-8,12,16-18,29H,9-10H2,1-2H3,(H,27,28)/t12-,16?,17?,18?,23+. The Kier molecular flexibility index (Phi) is 5.56. The average Bonchev–Trinajstić information content (AvgIpc) is 2.75. The molecule has 3 fully saturated rings. The Balaban J connectivity index is 1.59. The number of aliphatic hydroxyl groups is 1. The summed E-state index contributed by atoms with van der Waals surface area (Å²) in [5.74, 6) is -1.25. The summed E-state index contributed by atoms with van der Waals surface area (Å²) < 4.78 is 40.2. The zero-order valence-corrected chi connectivity index (χ0v) is 19.0. The van der Waals surface area contributed by atoms with Crippen LogP contribution in [0.25, 0.3) is 0 Å². The fraction of sp³-hybridized carbons (Fsp3) is 0.391. The molecule has 168 valence electrons. The zero-order chi connectivity index (χ0) is 23.4. The van der Waals surface area contributed by atoms with Crippen molar-refractivity contribution in [3.8, 4) is 6.07 Å². The van der Waals surface area contributed by atoms with E-state index in [1.807, 2.05) is 6.92 Å². The first-order valence-corrected chi connectivity index (χ1v) is 12.2. The molecule has 0 aliphatic heterocycles. The van der Waals surface area contributed by atoms with E-state index in [1.165, 1.54) is 30.3 Å². The molecule has 5 rings (SSSR count). The minimum Gasteiger partial charge on any atom is -0.390 e. The SMILES string of the molecule is C[C@H]1C2CC(S(=O)(=O)c3cc(C(=O)Nc4ccc(F)c(C#N)c4)ccc3Cl)CC1[C@]2(C)O. The summed E-state index contributed by atoms with van der Waals surface area (Å²) in [6, 6.07) is 9.26. The van der Waals surface area contributed by atoms with Crippen molar-refractivity contribution in [2.75, 3.05) is 5.32 Å². The normalized spacial score (nSPS) is 29.0. The summed E-state index contributed by atoms with van der Waals surface area (Å²) in [6.07, 6.45) is 0.679. The van der Waals surface area contributed by atoms with Crippen molar-refractivity contribution >= 4 is 33.0 Å². The molecule has 0 heterocycles. The number of hydrogen-bond donors (Lipinski definition) is 2. The highest BCUT2D eigenvalue weighted by atomic mass is 35.5. The minimum absolute atomic E-state index is 0.0224. The number of halogens is 2. The number of amides is 1. The zero-order valence-electron chi connectivity index (χ0n) is 17.5. The van der Waals surface area contributed by atoms with Crippen LogP contribution in [-0.4, -0.2) is 30.3 Å². The Morgan fingerprint density at radius 3 is 2.50 bits per heavy atom. The third-order valence-corrected chi connectivity index (χ3v) is 9.74. The molecular formula is C23H22ClFN2O4S. The smallest absolute Gasteiger partial charge is 0.255 e. The fourth-order valence-corrected chi connectivity index (χ4v) is 7.61. The Bertz CT molecular complexity index is 1240. The first kappa shape index (κ1) is 22.7. The van der Waals surface area contributed by atoms with Gasteiger partial charge in [-0.3, -0.25) is 4.79 Å². The highest BCUT2D eigenvalue weighted by Gasteiger charge is 2.61. The summed E-state index contributed by atoms with van der Waals surface area (Å²) in [5.41, 5.74) is -0.801. The van der Waals surface area contributed by atoms with E-state index in [0.29, 0.717) is 12.8 Å². The Morgan fingerprint density at radius 1 is 1.25 bits per heavy atom. The Hall–Kier alpha value is -2.47. The summed E-state index contributed by atoms with van der Waals surface area (Å²) in [6.45, 7) is 3.79. The third kappa shape index (κ3) is 3.58. The molecule has 2 aromatic carbocycles. The molecule has 32 heavy (non-hydrogen) atoms. The number of nitrogens with one attached hydrogen (secondary N) is 1. The van der Waals surface area contributed by atoms with Crippen molar-refractivity contribution in [1.29, 1.82) is 5.26 Å². The second-order valence-electron chi connectivity index (χ2n) is 8.84. The van der Waals surface area contributed by atoms with E-state index in [2.05, 4.69) is 5.32 Å². The number of fused-ring (bicyclic) bond motifs is 2. The number of hydrogen-bond acceptors (Lipinski definition) is 5. The van der Waals surface area contributed by atoms with Gasteiger partial charge < -0.3 is 10.4 Å². The monoisotopic (exact) mass is 476 g/mol. The maximum Gasteiger partial charge on any atom is 0.255 e. The van der Waals surface area contributed by atoms with Crippen LogP contribution < -0.4 is 5.32 Å². The van der Waals surface area contributed by atoms with E-state index in [0.717, 1.165) is 6.07 Å². The predicted molar refractivity (Wildman–Crippen MR) is 117 cm³/mol. The molecule has 3 saturated carbocycles. The maximum absolute atomic E-state index is 13.5. The van der Waals surface area contributed by atoms with E-state index in [-0.39, 0.29) is 44.5 Å². The van der Waals surface area contributed by atoms with Gasteiger partial charge in [-0.2, -0.15) is 5.26 Å². The summed E-state index contributed by atoms with van der Waals surface area (Å²) in [4.78, 5) is 12.6.